The van der Waals surface area contributed by atoms with Crippen LogP contribution in [-0.4, -0.2) is 53.8 Å². The van der Waals surface area contributed by atoms with Crippen LogP contribution in [0.4, 0.5) is 0 Å². The summed E-state index contributed by atoms with van der Waals surface area (Å²) < 4.78 is 28.8. The number of carbonyl (C=O) groups excluding carboxylic acids is 1. The van der Waals surface area contributed by atoms with Crippen molar-refractivity contribution in [3.8, 4) is 11.5 Å². The van der Waals surface area contributed by atoms with Crippen molar-refractivity contribution >= 4 is 15.7 Å². The van der Waals surface area contributed by atoms with E-state index in [1.165, 1.54) is 4.90 Å². The van der Waals surface area contributed by atoms with Crippen LogP contribution >= 0.6 is 0 Å². The van der Waals surface area contributed by atoms with Crippen LogP contribution in [0.2, 0.25) is 0 Å². The van der Waals surface area contributed by atoms with E-state index in [0.29, 0.717) is 23.8 Å². The van der Waals surface area contributed by atoms with Crippen molar-refractivity contribution in [3.63, 3.8) is 0 Å². The summed E-state index contributed by atoms with van der Waals surface area (Å²) in [5.41, 5.74) is 1.31. The monoisotopic (exact) mass is 349 g/mol. The van der Waals surface area contributed by atoms with Gasteiger partial charge in [0.05, 0.1) is 29.2 Å². The van der Waals surface area contributed by atoms with Gasteiger partial charge in [-0.05, 0) is 25.5 Å². The summed E-state index contributed by atoms with van der Waals surface area (Å²) in [6.07, 6.45) is 3.88. The van der Waals surface area contributed by atoms with E-state index < -0.39 is 9.84 Å². The van der Waals surface area contributed by atoms with Gasteiger partial charge in [0, 0.05) is 25.5 Å². The van der Waals surface area contributed by atoms with Gasteiger partial charge >= 0.3 is 0 Å². The fourth-order valence-corrected chi connectivity index (χ4v) is 4.53. The van der Waals surface area contributed by atoms with Crippen LogP contribution in [0.1, 0.15) is 17.9 Å². The molecule has 1 atom stereocenters. The number of likely N-dealkylation sites (N-methyl/N-ethyl adjacent to an activating group) is 1. The summed E-state index contributed by atoms with van der Waals surface area (Å²) in [4.78, 5) is 22.4. The number of rotatable bonds is 4. The van der Waals surface area contributed by atoms with Crippen LogP contribution in [0.25, 0.3) is 11.5 Å². The highest BCUT2D eigenvalue weighted by atomic mass is 32.2. The van der Waals surface area contributed by atoms with Crippen LogP contribution < -0.4 is 0 Å². The average Bonchev–Trinajstić information content (AvgIpc) is 3.10. The Labute approximate surface area is 140 Å². The molecule has 0 aromatic carbocycles. The predicted octanol–water partition coefficient (Wildman–Crippen LogP) is 1.23. The van der Waals surface area contributed by atoms with Crippen molar-refractivity contribution in [2.45, 2.75) is 25.8 Å². The van der Waals surface area contributed by atoms with Gasteiger partial charge in [0.25, 0.3) is 0 Å². The molecule has 0 aliphatic carbocycles. The number of oxazole rings is 1. The lowest BCUT2D eigenvalue weighted by atomic mass is 10.2. The smallest absolute Gasteiger partial charge is 0.228 e. The first kappa shape index (κ1) is 16.6. The molecule has 1 amide bonds. The molecule has 0 saturated carbocycles. The molecule has 0 radical (unpaired) electrons. The molecular weight excluding hydrogens is 330 g/mol. The minimum atomic E-state index is -3.02. The Kier molecular flexibility index (Phi) is 4.40. The summed E-state index contributed by atoms with van der Waals surface area (Å²) in [6.45, 7) is 1.76. The van der Waals surface area contributed by atoms with Crippen LogP contribution in [-0.2, 0) is 21.1 Å². The maximum absolute atomic E-state index is 12.4. The molecule has 24 heavy (non-hydrogen) atoms. The number of aromatic nitrogens is 2. The first-order valence-electron chi connectivity index (χ1n) is 7.68. The summed E-state index contributed by atoms with van der Waals surface area (Å²) in [5.74, 6) is 1.02. The molecule has 0 bridgehead atoms. The zero-order valence-electron chi connectivity index (χ0n) is 13.6. The number of amides is 1. The van der Waals surface area contributed by atoms with Crippen molar-refractivity contribution in [2.75, 3.05) is 18.6 Å². The van der Waals surface area contributed by atoms with Gasteiger partial charge in [0.2, 0.25) is 11.8 Å². The lowest BCUT2D eigenvalue weighted by Crippen LogP contribution is -2.38. The van der Waals surface area contributed by atoms with E-state index in [0.717, 1.165) is 5.56 Å². The summed E-state index contributed by atoms with van der Waals surface area (Å²) in [7, 11) is -1.38. The standard InChI is InChI=1S/C16H19N3O4S/c1-11-14(18-16(23-11)12-4-3-6-17-9-12)8-15(20)19(2)13-5-7-24(21,22)10-13/h3-4,6,9,13H,5,7-8,10H2,1-2H3. The Bertz CT molecular complexity index is 845. The Morgan fingerprint density at radius 3 is 2.88 bits per heavy atom. The van der Waals surface area contributed by atoms with E-state index in [9.17, 15) is 13.2 Å². The Balaban J connectivity index is 1.72. The quantitative estimate of drug-likeness (QED) is 0.824. The molecule has 0 N–H and O–H groups in total. The SMILES string of the molecule is Cc1oc(-c2cccnc2)nc1CC(=O)N(C)C1CCS(=O)(=O)C1. The lowest BCUT2D eigenvalue weighted by Gasteiger charge is -2.23. The largest absolute Gasteiger partial charge is 0.441 e. The van der Waals surface area contributed by atoms with Gasteiger partial charge < -0.3 is 9.32 Å². The highest BCUT2D eigenvalue weighted by Crippen LogP contribution is 2.22. The summed E-state index contributed by atoms with van der Waals surface area (Å²) in [6, 6.07) is 3.36. The molecule has 1 saturated heterocycles. The Morgan fingerprint density at radius 1 is 1.46 bits per heavy atom. The van der Waals surface area contributed by atoms with Crippen molar-refractivity contribution < 1.29 is 17.6 Å². The van der Waals surface area contributed by atoms with Crippen molar-refractivity contribution in [1.82, 2.24) is 14.9 Å². The molecule has 0 spiro atoms. The minimum Gasteiger partial charge on any atom is -0.441 e. The molecule has 8 heteroatoms. The van der Waals surface area contributed by atoms with Crippen molar-refractivity contribution in [3.05, 3.63) is 36.0 Å². The highest BCUT2D eigenvalue weighted by molar-refractivity contribution is 7.91. The van der Waals surface area contributed by atoms with Crippen LogP contribution in [0.15, 0.2) is 28.9 Å². The predicted molar refractivity (Wildman–Crippen MR) is 88.0 cm³/mol. The number of hydrogen-bond donors (Lipinski definition) is 0. The molecule has 2 aromatic heterocycles. The van der Waals surface area contributed by atoms with E-state index in [-0.39, 0.29) is 29.9 Å². The minimum absolute atomic E-state index is 0.0357. The third kappa shape index (κ3) is 3.48. The second-order valence-corrected chi connectivity index (χ2v) is 8.23. The molecule has 1 aliphatic rings. The first-order chi connectivity index (χ1) is 11.4. The number of sulfone groups is 1. The summed E-state index contributed by atoms with van der Waals surface area (Å²) >= 11 is 0. The Hall–Kier alpha value is -2.22. The molecule has 1 fully saturated rings. The number of nitrogens with zero attached hydrogens (tertiary/aromatic N) is 3. The molecule has 1 aliphatic heterocycles. The number of hydrogen-bond acceptors (Lipinski definition) is 6. The molecular formula is C16H19N3O4S. The maximum atomic E-state index is 12.4. The van der Waals surface area contributed by atoms with E-state index in [4.69, 9.17) is 4.42 Å². The van der Waals surface area contributed by atoms with E-state index in [1.54, 1.807) is 32.4 Å². The van der Waals surface area contributed by atoms with Gasteiger partial charge in [-0.1, -0.05) is 0 Å². The summed E-state index contributed by atoms with van der Waals surface area (Å²) in [5, 5.41) is 0. The van der Waals surface area contributed by atoms with E-state index in [2.05, 4.69) is 9.97 Å². The zero-order valence-corrected chi connectivity index (χ0v) is 14.4. The van der Waals surface area contributed by atoms with Gasteiger partial charge in [-0.2, -0.15) is 0 Å². The Morgan fingerprint density at radius 2 is 2.25 bits per heavy atom. The molecule has 3 rings (SSSR count). The van der Waals surface area contributed by atoms with E-state index in [1.807, 2.05) is 6.07 Å². The molecule has 1 unspecified atom stereocenters. The maximum Gasteiger partial charge on any atom is 0.228 e. The first-order valence-corrected chi connectivity index (χ1v) is 9.50. The molecule has 7 nitrogen and oxygen atoms in total. The zero-order chi connectivity index (χ0) is 17.3. The third-order valence-corrected chi connectivity index (χ3v) is 6.02. The van der Waals surface area contributed by atoms with Gasteiger partial charge in [0.15, 0.2) is 9.84 Å². The normalized spacial score (nSPS) is 19.3. The molecule has 2 aromatic rings. The van der Waals surface area contributed by atoms with Gasteiger partial charge in [-0.3, -0.25) is 9.78 Å². The van der Waals surface area contributed by atoms with Gasteiger partial charge in [-0.15, -0.1) is 0 Å². The second kappa shape index (κ2) is 6.35. The van der Waals surface area contributed by atoms with Crippen LogP contribution in [0, 0.1) is 6.92 Å². The van der Waals surface area contributed by atoms with Crippen molar-refractivity contribution in [2.24, 2.45) is 0 Å². The van der Waals surface area contributed by atoms with Crippen LogP contribution in [0.3, 0.4) is 0 Å². The fourth-order valence-electron chi connectivity index (χ4n) is 2.76. The fraction of sp³-hybridized carbons (Fsp3) is 0.438. The van der Waals surface area contributed by atoms with Gasteiger partial charge in [0.1, 0.15) is 5.76 Å². The van der Waals surface area contributed by atoms with Crippen LogP contribution in [0.5, 0.6) is 0 Å². The van der Waals surface area contributed by atoms with E-state index >= 15 is 0 Å². The molecule has 3 heterocycles. The lowest BCUT2D eigenvalue weighted by molar-refractivity contribution is -0.130. The topological polar surface area (TPSA) is 93.4 Å². The number of carbonyl (C=O) groups is 1. The van der Waals surface area contributed by atoms with Gasteiger partial charge in [-0.25, -0.2) is 13.4 Å². The number of pyridine rings is 1. The number of aryl methyl sites for hydroxylation is 1. The van der Waals surface area contributed by atoms with Crippen molar-refractivity contribution in [1.29, 1.82) is 0 Å². The third-order valence-electron chi connectivity index (χ3n) is 4.27. The second-order valence-electron chi connectivity index (χ2n) is 6.00. The average molecular weight is 349 g/mol. The molecule has 128 valence electrons. The highest BCUT2D eigenvalue weighted by Gasteiger charge is 2.33.